The fraction of sp³-hybridized carbons (Fsp3) is 0.192. The number of amides is 3. The van der Waals surface area contributed by atoms with Crippen LogP contribution in [-0.2, 0) is 4.79 Å². The number of fused-ring (bicyclic) bond motifs is 1. The van der Waals surface area contributed by atoms with Crippen molar-refractivity contribution in [1.29, 1.82) is 0 Å². The molecular weight excluding hydrogens is 649 g/mol. The van der Waals surface area contributed by atoms with E-state index >= 15 is 0 Å². The van der Waals surface area contributed by atoms with Crippen LogP contribution >= 0.6 is 69.6 Å². The van der Waals surface area contributed by atoms with Crippen LogP contribution in [0.4, 0.5) is 5.69 Å². The summed E-state index contributed by atoms with van der Waals surface area (Å²) < 4.78 is 16.4. The third kappa shape index (κ3) is 4.24. The van der Waals surface area contributed by atoms with Gasteiger partial charge in [-0.1, -0.05) is 69.6 Å². The molecule has 0 spiro atoms. The lowest BCUT2D eigenvalue weighted by molar-refractivity contribution is -0.130. The number of carbonyl (C=O) groups is 3. The van der Waals surface area contributed by atoms with Crippen LogP contribution in [-0.4, -0.2) is 50.0 Å². The summed E-state index contributed by atoms with van der Waals surface area (Å²) in [7, 11) is 4.31. The molecule has 208 valence electrons. The number of imide groups is 1. The van der Waals surface area contributed by atoms with Crippen molar-refractivity contribution < 1.29 is 28.6 Å². The van der Waals surface area contributed by atoms with Crippen molar-refractivity contribution in [3.8, 4) is 17.2 Å². The van der Waals surface area contributed by atoms with Crippen LogP contribution in [0.2, 0.25) is 30.1 Å². The standard InChI is InChI=1S/C26H16Cl6N2O6/c1-38-13-4-9(5-14(39-2)23(13)40-3)21-22(26(37)33(21)12-7-10(27)6-11(28)8-12)34-24(35)15-16(25(34)36)18(30)20(32)19(31)17(15)29/h4-8,21-22H,1-3H3/t21-,22+/m1/s1. The van der Waals surface area contributed by atoms with Crippen LogP contribution in [0.25, 0.3) is 0 Å². The Labute approximate surface area is 258 Å². The Balaban J connectivity index is 1.70. The molecule has 0 bridgehead atoms. The van der Waals surface area contributed by atoms with Gasteiger partial charge in [0.25, 0.3) is 17.7 Å². The lowest BCUT2D eigenvalue weighted by Gasteiger charge is -2.50. The molecule has 1 saturated heterocycles. The van der Waals surface area contributed by atoms with Crippen molar-refractivity contribution in [3.05, 3.63) is 77.2 Å². The molecule has 3 aromatic rings. The number of hydrogen-bond donors (Lipinski definition) is 0. The lowest BCUT2D eigenvalue weighted by atomic mass is 9.86. The normalized spacial score (nSPS) is 18.2. The Hall–Kier alpha value is -2.59. The Bertz CT molecular complexity index is 1540. The molecule has 0 unspecified atom stereocenters. The van der Waals surface area contributed by atoms with Crippen molar-refractivity contribution >= 4 is 93.0 Å². The molecule has 14 heteroatoms. The molecule has 0 radical (unpaired) electrons. The first kappa shape index (κ1) is 28.9. The topological polar surface area (TPSA) is 85.4 Å². The second kappa shape index (κ2) is 10.7. The molecule has 2 aliphatic rings. The lowest BCUT2D eigenvalue weighted by Crippen LogP contribution is -2.67. The SMILES string of the molecule is COc1cc([C@@H]2[C@H](N3C(=O)c4c(Cl)c(Cl)c(Cl)c(Cl)c4C3=O)C(=O)N2c2cc(Cl)cc(Cl)c2)cc(OC)c1OC. The van der Waals surface area contributed by atoms with Crippen LogP contribution in [0.5, 0.6) is 17.2 Å². The number of benzene rings is 3. The van der Waals surface area contributed by atoms with E-state index in [1.54, 1.807) is 12.1 Å². The zero-order chi connectivity index (χ0) is 29.2. The first-order valence-corrected chi connectivity index (χ1v) is 13.6. The summed E-state index contributed by atoms with van der Waals surface area (Å²) in [5.74, 6) is -1.44. The Morgan fingerprint density at radius 3 is 1.50 bits per heavy atom. The molecule has 5 rings (SSSR count). The molecule has 0 saturated carbocycles. The minimum atomic E-state index is -1.34. The third-order valence-electron chi connectivity index (χ3n) is 6.63. The van der Waals surface area contributed by atoms with Crippen LogP contribution in [0, 0.1) is 0 Å². The van der Waals surface area contributed by atoms with Gasteiger partial charge in [0.05, 0.1) is 58.6 Å². The van der Waals surface area contributed by atoms with Crippen molar-refractivity contribution in [2.24, 2.45) is 0 Å². The Kier molecular flexibility index (Phi) is 7.72. The average molecular weight is 665 g/mol. The predicted octanol–water partition coefficient (Wildman–Crippen LogP) is 7.39. The van der Waals surface area contributed by atoms with E-state index in [1.807, 2.05) is 0 Å². The predicted molar refractivity (Wildman–Crippen MR) is 154 cm³/mol. The smallest absolute Gasteiger partial charge is 0.264 e. The van der Waals surface area contributed by atoms with E-state index < -0.39 is 29.8 Å². The van der Waals surface area contributed by atoms with E-state index in [0.29, 0.717) is 17.0 Å². The average Bonchev–Trinajstić information content (AvgIpc) is 3.17. The second-order valence-corrected chi connectivity index (χ2v) is 11.1. The molecular formula is C26H16Cl6N2O6. The van der Waals surface area contributed by atoms with Gasteiger partial charge in [-0.2, -0.15) is 0 Å². The van der Waals surface area contributed by atoms with Crippen molar-refractivity contribution in [2.45, 2.75) is 12.1 Å². The number of β-lactam (4-membered cyclic amide) rings is 1. The van der Waals surface area contributed by atoms with E-state index in [2.05, 4.69) is 0 Å². The summed E-state index contributed by atoms with van der Waals surface area (Å²) in [5, 5.41) is -0.335. The number of nitrogens with zero attached hydrogens (tertiary/aromatic N) is 2. The summed E-state index contributed by atoms with van der Waals surface area (Å²) >= 11 is 37.4. The van der Waals surface area contributed by atoms with Gasteiger partial charge in [-0.3, -0.25) is 19.3 Å². The number of carbonyl (C=O) groups excluding carboxylic acids is 3. The van der Waals surface area contributed by atoms with Crippen LogP contribution in [0.1, 0.15) is 32.3 Å². The van der Waals surface area contributed by atoms with Gasteiger partial charge in [-0.15, -0.1) is 0 Å². The zero-order valence-corrected chi connectivity index (χ0v) is 25.2. The molecule has 0 aliphatic carbocycles. The summed E-state index contributed by atoms with van der Waals surface area (Å²) in [5.41, 5.74) is 0.287. The number of anilines is 1. The molecule has 3 amide bonds. The van der Waals surface area contributed by atoms with Gasteiger partial charge in [0, 0.05) is 15.7 Å². The molecule has 2 heterocycles. The fourth-order valence-electron chi connectivity index (χ4n) is 4.91. The van der Waals surface area contributed by atoms with Gasteiger partial charge < -0.3 is 19.1 Å². The van der Waals surface area contributed by atoms with Crippen molar-refractivity contribution in [2.75, 3.05) is 26.2 Å². The zero-order valence-electron chi connectivity index (χ0n) is 20.7. The molecule has 1 fully saturated rings. The maximum atomic E-state index is 13.8. The summed E-state index contributed by atoms with van der Waals surface area (Å²) in [6.07, 6.45) is 0. The minimum absolute atomic E-state index is 0.189. The highest BCUT2D eigenvalue weighted by atomic mass is 35.5. The second-order valence-electron chi connectivity index (χ2n) is 8.67. The molecule has 40 heavy (non-hydrogen) atoms. The maximum absolute atomic E-state index is 13.8. The Morgan fingerprint density at radius 1 is 0.600 bits per heavy atom. The summed E-state index contributed by atoms with van der Waals surface area (Å²) in [6.45, 7) is 0. The van der Waals surface area contributed by atoms with E-state index in [4.69, 9.17) is 83.8 Å². The number of halogens is 6. The van der Waals surface area contributed by atoms with E-state index in [9.17, 15) is 14.4 Å². The van der Waals surface area contributed by atoms with Crippen LogP contribution < -0.4 is 19.1 Å². The van der Waals surface area contributed by atoms with Gasteiger partial charge in [-0.05, 0) is 35.9 Å². The van der Waals surface area contributed by atoms with Gasteiger partial charge >= 0.3 is 0 Å². The highest BCUT2D eigenvalue weighted by Gasteiger charge is 2.58. The summed E-state index contributed by atoms with van der Waals surface area (Å²) in [6, 6.07) is 5.50. The minimum Gasteiger partial charge on any atom is -0.493 e. The molecule has 3 aromatic carbocycles. The summed E-state index contributed by atoms with van der Waals surface area (Å²) in [4.78, 5) is 43.3. The van der Waals surface area contributed by atoms with Gasteiger partial charge in [0.1, 0.15) is 6.04 Å². The number of hydrogen-bond acceptors (Lipinski definition) is 6. The van der Waals surface area contributed by atoms with E-state index in [1.165, 1.54) is 44.4 Å². The number of rotatable bonds is 6. The monoisotopic (exact) mass is 662 g/mol. The number of ether oxygens (including phenoxy) is 3. The first-order valence-electron chi connectivity index (χ1n) is 11.3. The van der Waals surface area contributed by atoms with Crippen molar-refractivity contribution in [3.63, 3.8) is 0 Å². The quantitative estimate of drug-likeness (QED) is 0.118. The first-order chi connectivity index (χ1) is 19.0. The third-order valence-corrected chi connectivity index (χ3v) is 8.87. The van der Waals surface area contributed by atoms with E-state index in [-0.39, 0.29) is 52.8 Å². The number of methoxy groups -OCH3 is 3. The van der Waals surface area contributed by atoms with Crippen LogP contribution in [0.3, 0.4) is 0 Å². The van der Waals surface area contributed by atoms with Crippen molar-refractivity contribution in [1.82, 2.24) is 4.90 Å². The van der Waals surface area contributed by atoms with E-state index in [0.717, 1.165) is 4.90 Å². The Morgan fingerprint density at radius 2 is 1.07 bits per heavy atom. The molecule has 0 N–H and O–H groups in total. The van der Waals surface area contributed by atoms with Gasteiger partial charge in [0.2, 0.25) is 5.75 Å². The highest BCUT2D eigenvalue weighted by molar-refractivity contribution is 6.55. The molecule has 2 atom stereocenters. The fourth-order valence-corrected chi connectivity index (χ4v) is 6.44. The maximum Gasteiger partial charge on any atom is 0.264 e. The van der Waals surface area contributed by atoms with Crippen LogP contribution in [0.15, 0.2) is 30.3 Å². The molecule has 2 aliphatic heterocycles. The van der Waals surface area contributed by atoms with Gasteiger partial charge in [-0.25, -0.2) is 0 Å². The van der Waals surface area contributed by atoms with Gasteiger partial charge in [0.15, 0.2) is 11.5 Å². The largest absolute Gasteiger partial charge is 0.493 e. The molecule has 0 aromatic heterocycles. The molecule has 8 nitrogen and oxygen atoms in total. The highest BCUT2D eigenvalue weighted by Crippen LogP contribution is 2.51.